The molecule has 0 unspecified atom stereocenters. The first-order chi connectivity index (χ1) is 16.5. The van der Waals surface area contributed by atoms with Crippen molar-refractivity contribution in [2.75, 3.05) is 43.4 Å². The lowest BCUT2D eigenvalue weighted by atomic mass is 9.99. The summed E-state index contributed by atoms with van der Waals surface area (Å²) in [6.07, 6.45) is 4.27. The molecule has 1 aliphatic heterocycles. The lowest BCUT2D eigenvalue weighted by molar-refractivity contribution is -0.111. The van der Waals surface area contributed by atoms with Crippen LogP contribution in [-0.2, 0) is 10.5 Å². The van der Waals surface area contributed by atoms with Crippen LogP contribution in [0.5, 0.6) is 0 Å². The third kappa shape index (κ3) is 5.41. The summed E-state index contributed by atoms with van der Waals surface area (Å²) >= 11 is 1.53. The molecule has 0 atom stereocenters. The number of hydrogen-bond acceptors (Lipinski definition) is 7. The second-order valence-electron chi connectivity index (χ2n) is 8.72. The van der Waals surface area contributed by atoms with E-state index >= 15 is 0 Å². The van der Waals surface area contributed by atoms with E-state index in [2.05, 4.69) is 40.9 Å². The van der Waals surface area contributed by atoms with Gasteiger partial charge in [0, 0.05) is 31.1 Å². The van der Waals surface area contributed by atoms with Gasteiger partial charge in [0.15, 0.2) is 0 Å². The fraction of sp³-hybridized carbons (Fsp3) is 0.385. The largest absolute Gasteiger partial charge is 0.354 e. The molecule has 1 aromatic carbocycles. The molecule has 1 saturated heterocycles. The number of likely N-dealkylation sites (N-methyl/N-ethyl adjacent to an activating group) is 1. The average Bonchev–Trinajstić information content (AvgIpc) is 3.71. The molecule has 0 bridgehead atoms. The van der Waals surface area contributed by atoms with Crippen LogP contribution in [0.3, 0.4) is 0 Å². The number of pyridine rings is 1. The van der Waals surface area contributed by atoms with E-state index in [1.165, 1.54) is 17.8 Å². The number of nitriles is 2. The molecular weight excluding hydrogens is 444 g/mol. The third-order valence-electron chi connectivity index (χ3n) is 6.19. The molecule has 7 nitrogen and oxygen atoms in total. The Kier molecular flexibility index (Phi) is 7.52. The van der Waals surface area contributed by atoms with Gasteiger partial charge in [-0.25, -0.2) is 4.98 Å². The number of anilines is 2. The first kappa shape index (κ1) is 23.8. The first-order valence-electron chi connectivity index (χ1n) is 11.5. The highest BCUT2D eigenvalue weighted by molar-refractivity contribution is 7.98. The number of thioether (sulfide) groups is 1. The van der Waals surface area contributed by atoms with Crippen molar-refractivity contribution in [3.63, 3.8) is 0 Å². The highest BCUT2D eigenvalue weighted by Crippen LogP contribution is 2.47. The van der Waals surface area contributed by atoms with Crippen molar-refractivity contribution in [3.05, 3.63) is 59.2 Å². The number of hydrogen-bond donors (Lipinski definition) is 1. The van der Waals surface area contributed by atoms with Crippen LogP contribution in [0.2, 0.25) is 0 Å². The van der Waals surface area contributed by atoms with Gasteiger partial charge in [-0.05, 0) is 68.1 Å². The molecular formula is C26H28N6OS. The molecule has 4 rings (SSSR count). The number of benzene rings is 1. The van der Waals surface area contributed by atoms with E-state index in [1.54, 1.807) is 0 Å². The fourth-order valence-corrected chi connectivity index (χ4v) is 5.13. The summed E-state index contributed by atoms with van der Waals surface area (Å²) in [6, 6.07) is 12.4. The van der Waals surface area contributed by atoms with Crippen LogP contribution in [0.1, 0.15) is 47.4 Å². The monoisotopic (exact) mass is 472 g/mol. The van der Waals surface area contributed by atoms with Gasteiger partial charge in [-0.3, -0.25) is 4.79 Å². The third-order valence-corrected chi connectivity index (χ3v) is 7.24. The van der Waals surface area contributed by atoms with E-state index in [9.17, 15) is 15.3 Å². The second-order valence-corrected chi connectivity index (χ2v) is 9.69. The number of nitrogens with one attached hydrogen (secondary N) is 1. The molecule has 174 valence electrons. The van der Waals surface area contributed by atoms with Gasteiger partial charge in [0.05, 0.1) is 11.1 Å². The molecule has 34 heavy (non-hydrogen) atoms. The molecule has 1 amide bonds. The molecule has 1 N–H and O–H groups in total. The van der Waals surface area contributed by atoms with Crippen LogP contribution in [0, 0.1) is 22.7 Å². The quantitative estimate of drug-likeness (QED) is 0.475. The van der Waals surface area contributed by atoms with Gasteiger partial charge >= 0.3 is 0 Å². The number of rotatable bonds is 7. The van der Waals surface area contributed by atoms with Crippen LogP contribution in [0.4, 0.5) is 11.5 Å². The van der Waals surface area contributed by atoms with E-state index in [0.29, 0.717) is 27.6 Å². The van der Waals surface area contributed by atoms with Crippen molar-refractivity contribution in [2.24, 2.45) is 0 Å². The minimum Gasteiger partial charge on any atom is -0.354 e. The maximum absolute atomic E-state index is 11.5. The summed E-state index contributed by atoms with van der Waals surface area (Å²) in [7, 11) is 2.12. The van der Waals surface area contributed by atoms with Crippen LogP contribution >= 0.6 is 11.8 Å². The maximum Gasteiger partial charge on any atom is 0.247 e. The lowest BCUT2D eigenvalue weighted by Crippen LogP contribution is -2.30. The normalized spacial score (nSPS) is 16.3. The lowest BCUT2D eigenvalue weighted by Gasteiger charge is -2.25. The molecule has 1 saturated carbocycles. The van der Waals surface area contributed by atoms with Gasteiger partial charge in [-0.15, -0.1) is 11.8 Å². The van der Waals surface area contributed by atoms with Gasteiger partial charge in [-0.1, -0.05) is 18.7 Å². The molecule has 0 radical (unpaired) electrons. The Morgan fingerprint density at radius 2 is 1.91 bits per heavy atom. The Hall–Kier alpha value is -3.33. The topological polar surface area (TPSA) is 96.1 Å². The zero-order valence-corrected chi connectivity index (χ0v) is 20.2. The highest BCUT2D eigenvalue weighted by atomic mass is 32.2. The van der Waals surface area contributed by atoms with Crippen molar-refractivity contribution in [2.45, 2.75) is 36.0 Å². The van der Waals surface area contributed by atoms with Crippen molar-refractivity contribution in [1.82, 2.24) is 9.88 Å². The van der Waals surface area contributed by atoms with Crippen LogP contribution in [0.15, 0.2) is 41.9 Å². The maximum atomic E-state index is 11.5. The van der Waals surface area contributed by atoms with E-state index in [4.69, 9.17) is 4.98 Å². The van der Waals surface area contributed by atoms with Crippen LogP contribution < -0.4 is 10.2 Å². The zero-order chi connectivity index (χ0) is 24.1. The standard InChI is InChI=1S/C26H28N6OS/c1-3-23(33)29-20-9-5-18(6-10-20)17-34-26-22(16-28)24(19-7-8-19)21(15-27)25(30-26)32-12-4-11-31(2)13-14-32/h3,5-6,9-10,19H,1,4,7-8,11-14,17H2,2H3,(H,29,33). The van der Waals surface area contributed by atoms with E-state index in [1.807, 2.05) is 24.3 Å². The number of carbonyl (C=O) groups excluding carboxylic acids is 1. The highest BCUT2D eigenvalue weighted by Gasteiger charge is 2.34. The van der Waals surface area contributed by atoms with Crippen LogP contribution in [0.25, 0.3) is 0 Å². The Morgan fingerprint density at radius 3 is 2.56 bits per heavy atom. The molecule has 2 fully saturated rings. The molecule has 1 aromatic heterocycles. The summed E-state index contributed by atoms with van der Waals surface area (Å²) in [6.45, 7) is 7.07. The summed E-state index contributed by atoms with van der Waals surface area (Å²) in [5.41, 5.74) is 3.78. The van der Waals surface area contributed by atoms with Gasteiger partial charge < -0.3 is 15.1 Å². The van der Waals surface area contributed by atoms with Gasteiger partial charge in [-0.2, -0.15) is 10.5 Å². The predicted octanol–water partition coefficient (Wildman–Crippen LogP) is 4.26. The Bertz CT molecular complexity index is 1160. The van der Waals surface area contributed by atoms with Gasteiger partial charge in [0.25, 0.3) is 0 Å². The molecule has 0 spiro atoms. The van der Waals surface area contributed by atoms with Crippen molar-refractivity contribution in [3.8, 4) is 12.1 Å². The molecule has 2 aliphatic rings. The van der Waals surface area contributed by atoms with Crippen LogP contribution in [-0.4, -0.2) is 49.0 Å². The summed E-state index contributed by atoms with van der Waals surface area (Å²) in [5.74, 6) is 1.38. The summed E-state index contributed by atoms with van der Waals surface area (Å²) < 4.78 is 0. The van der Waals surface area contributed by atoms with E-state index in [0.717, 1.165) is 62.4 Å². The minimum atomic E-state index is -0.248. The second kappa shape index (κ2) is 10.7. The van der Waals surface area contributed by atoms with Crippen molar-refractivity contribution in [1.29, 1.82) is 10.5 Å². The first-order valence-corrected chi connectivity index (χ1v) is 12.5. The fourth-order valence-electron chi connectivity index (χ4n) is 4.19. The smallest absolute Gasteiger partial charge is 0.247 e. The Balaban J connectivity index is 1.63. The average molecular weight is 473 g/mol. The van der Waals surface area contributed by atoms with Crippen molar-refractivity contribution >= 4 is 29.2 Å². The Labute approximate surface area is 205 Å². The summed E-state index contributed by atoms with van der Waals surface area (Å²) in [5, 5.41) is 23.5. The number of aromatic nitrogens is 1. The Morgan fingerprint density at radius 1 is 1.18 bits per heavy atom. The minimum absolute atomic E-state index is 0.248. The number of carbonyl (C=O) groups is 1. The number of amides is 1. The molecule has 2 heterocycles. The van der Waals surface area contributed by atoms with E-state index < -0.39 is 0 Å². The van der Waals surface area contributed by atoms with Gasteiger partial charge in [0.1, 0.15) is 23.0 Å². The molecule has 1 aliphatic carbocycles. The predicted molar refractivity (Wildman–Crippen MR) is 135 cm³/mol. The van der Waals surface area contributed by atoms with E-state index in [-0.39, 0.29) is 11.8 Å². The molecule has 8 heteroatoms. The zero-order valence-electron chi connectivity index (χ0n) is 19.4. The SMILES string of the molecule is C=CC(=O)Nc1ccc(CSc2nc(N3CCCN(C)CC3)c(C#N)c(C3CC3)c2C#N)cc1. The summed E-state index contributed by atoms with van der Waals surface area (Å²) in [4.78, 5) is 20.9. The van der Waals surface area contributed by atoms with Gasteiger partial charge in [0.2, 0.25) is 5.91 Å². The molecule has 2 aromatic rings. The number of nitrogens with zero attached hydrogens (tertiary/aromatic N) is 5. The van der Waals surface area contributed by atoms with Crippen molar-refractivity contribution < 1.29 is 4.79 Å².